The molecule has 2 atom stereocenters. The van der Waals surface area contributed by atoms with Gasteiger partial charge in [0.15, 0.2) is 0 Å². The minimum absolute atomic E-state index is 0.00697. The van der Waals surface area contributed by atoms with Crippen LogP contribution in [0.25, 0.3) is 0 Å². The minimum atomic E-state index is -0.661. The second-order valence-corrected chi connectivity index (χ2v) is 26.0. The zero-order valence-electron chi connectivity index (χ0n) is 55.8. The van der Waals surface area contributed by atoms with Gasteiger partial charge in [-0.1, -0.05) is 385 Å². The van der Waals surface area contributed by atoms with E-state index in [1.807, 2.05) is 0 Å². The fraction of sp³-hybridized carbons (Fsp3) is 0.921. The van der Waals surface area contributed by atoms with Gasteiger partial charge in [0.25, 0.3) is 0 Å². The van der Waals surface area contributed by atoms with E-state index in [1.54, 1.807) is 0 Å². The Bertz CT molecular complexity index is 1280. The van der Waals surface area contributed by atoms with E-state index in [2.05, 4.69) is 43.5 Å². The first kappa shape index (κ1) is 80.3. The van der Waals surface area contributed by atoms with Gasteiger partial charge in [-0.05, 0) is 51.4 Å². The van der Waals surface area contributed by atoms with Gasteiger partial charge in [-0.3, -0.25) is 9.59 Å². The van der Waals surface area contributed by atoms with Crippen molar-refractivity contribution in [2.75, 3.05) is 13.2 Å². The summed E-state index contributed by atoms with van der Waals surface area (Å²) in [6, 6.07) is -0.538. The molecular weight excluding hydrogens is 1010 g/mol. The molecule has 0 aromatic heterocycles. The number of carbonyl (C=O) groups excluding carboxylic acids is 2. The summed E-state index contributed by atoms with van der Waals surface area (Å²) in [5, 5.41) is 23.4. The smallest absolute Gasteiger partial charge is 0.305 e. The second-order valence-electron chi connectivity index (χ2n) is 26.0. The van der Waals surface area contributed by atoms with Crippen LogP contribution in [0.15, 0.2) is 24.3 Å². The number of amides is 1. The highest BCUT2D eigenvalue weighted by Gasteiger charge is 2.20. The Balaban J connectivity index is 3.32. The summed E-state index contributed by atoms with van der Waals surface area (Å²) >= 11 is 0. The Morgan fingerprint density at radius 3 is 0.976 bits per heavy atom. The predicted molar refractivity (Wildman–Crippen MR) is 361 cm³/mol. The van der Waals surface area contributed by atoms with Crippen molar-refractivity contribution in [3.8, 4) is 0 Å². The molecule has 0 radical (unpaired) electrons. The molecule has 0 fully saturated rings. The average Bonchev–Trinajstić information content (AvgIpc) is 3.48. The molecule has 1 amide bonds. The van der Waals surface area contributed by atoms with Crippen LogP contribution in [0.3, 0.4) is 0 Å². The number of unbranched alkanes of at least 4 members (excludes halogenated alkanes) is 56. The Morgan fingerprint density at radius 1 is 0.341 bits per heavy atom. The molecule has 6 heteroatoms. The van der Waals surface area contributed by atoms with Crippen LogP contribution in [-0.2, 0) is 14.3 Å². The number of nitrogens with one attached hydrogen (secondary N) is 1. The summed E-state index contributed by atoms with van der Waals surface area (Å²) in [6.45, 7) is 4.93. The van der Waals surface area contributed by atoms with E-state index in [4.69, 9.17) is 4.74 Å². The molecule has 0 aromatic rings. The molecule has 2 unspecified atom stereocenters. The van der Waals surface area contributed by atoms with Crippen LogP contribution in [0.2, 0.25) is 0 Å². The maximum atomic E-state index is 12.5. The van der Waals surface area contributed by atoms with Crippen LogP contribution in [0.4, 0.5) is 0 Å². The molecule has 82 heavy (non-hydrogen) atoms. The number of carbonyl (C=O) groups is 2. The van der Waals surface area contributed by atoms with Crippen LogP contribution in [0.1, 0.15) is 425 Å². The van der Waals surface area contributed by atoms with Gasteiger partial charge in [-0.25, -0.2) is 0 Å². The van der Waals surface area contributed by atoms with Crippen molar-refractivity contribution in [3.05, 3.63) is 24.3 Å². The van der Waals surface area contributed by atoms with Crippen LogP contribution in [0.5, 0.6) is 0 Å². The summed E-state index contributed by atoms with van der Waals surface area (Å²) in [7, 11) is 0. The van der Waals surface area contributed by atoms with Gasteiger partial charge in [0.2, 0.25) is 5.91 Å². The Morgan fingerprint density at radius 2 is 0.634 bits per heavy atom. The summed E-state index contributed by atoms with van der Waals surface area (Å²) in [4.78, 5) is 24.6. The lowest BCUT2D eigenvalue weighted by Crippen LogP contribution is -2.45. The lowest BCUT2D eigenvalue weighted by Gasteiger charge is -2.22. The highest BCUT2D eigenvalue weighted by Crippen LogP contribution is 2.20. The molecule has 0 saturated carbocycles. The van der Waals surface area contributed by atoms with Crippen molar-refractivity contribution >= 4 is 11.9 Å². The number of ether oxygens (including phenoxy) is 1. The maximum Gasteiger partial charge on any atom is 0.305 e. The number of hydrogen-bond donors (Lipinski definition) is 3. The van der Waals surface area contributed by atoms with Gasteiger partial charge in [0.1, 0.15) is 0 Å². The van der Waals surface area contributed by atoms with E-state index in [0.717, 1.165) is 51.4 Å². The third-order valence-corrected chi connectivity index (χ3v) is 17.7. The van der Waals surface area contributed by atoms with Crippen molar-refractivity contribution < 1.29 is 24.5 Å². The lowest BCUT2D eigenvalue weighted by atomic mass is 10.0. The molecule has 3 N–H and O–H groups in total. The molecule has 0 aromatic carbocycles. The highest BCUT2D eigenvalue weighted by atomic mass is 16.5. The predicted octanol–water partition coefficient (Wildman–Crippen LogP) is 24.5. The van der Waals surface area contributed by atoms with Gasteiger partial charge in [0, 0.05) is 12.8 Å². The second kappa shape index (κ2) is 71.8. The quantitative estimate of drug-likeness (QED) is 0.0320. The molecular formula is C76H147NO5. The van der Waals surface area contributed by atoms with E-state index in [1.165, 1.54) is 340 Å². The number of aliphatic hydroxyl groups is 2. The van der Waals surface area contributed by atoms with Crippen LogP contribution < -0.4 is 5.32 Å². The zero-order valence-corrected chi connectivity index (χ0v) is 55.8. The molecule has 0 heterocycles. The SMILES string of the molecule is CCC/C=C\C/C=C\CCCCCCCC(=O)OCCCCCCCCCCCCCCCCCCCCCCCCCCCCCCCCCCCC(=O)NC(CO)C(O)CCCCCCCCCCCCCCCCCCCCC. The van der Waals surface area contributed by atoms with Crippen LogP contribution in [-0.4, -0.2) is 47.4 Å². The standard InChI is InChI=1S/C76H147NO5/c1-3-5-7-9-11-13-15-17-18-19-35-38-41-45-48-52-56-60-64-68-74(79)73(72-78)77-75(80)69-65-61-57-53-49-46-42-39-36-33-31-29-27-25-23-21-20-22-24-26-28-30-32-34-37-40-43-47-51-55-59-63-67-71-82-76(81)70-66-62-58-54-50-44-16-14-12-10-8-6-4-2/h8,10,14,16,73-74,78-79H,3-7,9,11-13,15,17-72H2,1-2H3,(H,77,80)/b10-8-,16-14-. The van der Waals surface area contributed by atoms with Gasteiger partial charge in [-0.2, -0.15) is 0 Å². The molecule has 0 aliphatic rings. The number of rotatable bonds is 71. The minimum Gasteiger partial charge on any atom is -0.466 e. The topological polar surface area (TPSA) is 95.9 Å². The summed E-state index contributed by atoms with van der Waals surface area (Å²) < 4.78 is 5.48. The van der Waals surface area contributed by atoms with Gasteiger partial charge in [-0.15, -0.1) is 0 Å². The first-order chi connectivity index (χ1) is 40.5. The summed E-state index contributed by atoms with van der Waals surface area (Å²) in [5.41, 5.74) is 0. The molecule has 0 saturated heterocycles. The zero-order chi connectivity index (χ0) is 59.2. The summed E-state index contributed by atoms with van der Waals surface area (Å²) in [6.07, 6.45) is 91.1. The van der Waals surface area contributed by atoms with E-state index < -0.39 is 12.1 Å². The monoisotopic (exact) mass is 1150 g/mol. The third kappa shape index (κ3) is 67.5. The van der Waals surface area contributed by atoms with E-state index in [9.17, 15) is 19.8 Å². The number of esters is 1. The maximum absolute atomic E-state index is 12.5. The average molecular weight is 1160 g/mol. The molecule has 486 valence electrons. The van der Waals surface area contributed by atoms with Gasteiger partial charge >= 0.3 is 5.97 Å². The Hall–Kier alpha value is -1.66. The van der Waals surface area contributed by atoms with E-state index >= 15 is 0 Å². The van der Waals surface area contributed by atoms with E-state index in [-0.39, 0.29) is 18.5 Å². The van der Waals surface area contributed by atoms with E-state index in [0.29, 0.717) is 25.9 Å². The van der Waals surface area contributed by atoms with Crippen molar-refractivity contribution in [2.45, 2.75) is 437 Å². The first-order valence-corrected chi connectivity index (χ1v) is 37.6. The number of allylic oxidation sites excluding steroid dienone is 4. The van der Waals surface area contributed by atoms with Gasteiger partial charge < -0.3 is 20.3 Å². The largest absolute Gasteiger partial charge is 0.466 e. The van der Waals surface area contributed by atoms with Crippen molar-refractivity contribution in [2.24, 2.45) is 0 Å². The van der Waals surface area contributed by atoms with Gasteiger partial charge in [0.05, 0.1) is 25.4 Å². The van der Waals surface area contributed by atoms with Crippen molar-refractivity contribution in [1.82, 2.24) is 5.32 Å². The lowest BCUT2D eigenvalue weighted by molar-refractivity contribution is -0.143. The fourth-order valence-corrected chi connectivity index (χ4v) is 12.0. The molecule has 0 aliphatic carbocycles. The van der Waals surface area contributed by atoms with Crippen molar-refractivity contribution in [1.29, 1.82) is 0 Å². The first-order valence-electron chi connectivity index (χ1n) is 37.6. The Labute approximate surface area is 513 Å². The van der Waals surface area contributed by atoms with Crippen molar-refractivity contribution in [3.63, 3.8) is 0 Å². The molecule has 0 bridgehead atoms. The molecule has 0 aliphatic heterocycles. The Kier molecular flexibility index (Phi) is 70.4. The highest BCUT2D eigenvalue weighted by molar-refractivity contribution is 5.76. The number of aliphatic hydroxyl groups excluding tert-OH is 2. The summed E-state index contributed by atoms with van der Waals surface area (Å²) in [5.74, 6) is -0.0186. The number of hydrogen-bond acceptors (Lipinski definition) is 5. The fourth-order valence-electron chi connectivity index (χ4n) is 12.0. The molecule has 0 spiro atoms. The molecule has 6 nitrogen and oxygen atoms in total. The molecule has 0 rings (SSSR count). The third-order valence-electron chi connectivity index (χ3n) is 17.7. The van der Waals surface area contributed by atoms with Crippen LogP contribution >= 0.6 is 0 Å². The normalized spacial score (nSPS) is 12.6. The van der Waals surface area contributed by atoms with Crippen LogP contribution in [0, 0.1) is 0 Å².